The first-order valence-corrected chi connectivity index (χ1v) is 7.00. The van der Waals surface area contributed by atoms with Crippen LogP contribution >= 0.6 is 0 Å². The molecule has 2 nitrogen and oxygen atoms in total. The second-order valence-electron chi connectivity index (χ2n) is 5.17. The molecule has 2 aromatic carbocycles. The zero-order chi connectivity index (χ0) is 14.4. The van der Waals surface area contributed by atoms with Crippen molar-refractivity contribution in [1.82, 2.24) is 0 Å². The van der Waals surface area contributed by atoms with Crippen molar-refractivity contribution in [1.29, 1.82) is 5.26 Å². The number of hydrogen-bond acceptors (Lipinski definition) is 2. The van der Waals surface area contributed by atoms with Crippen LogP contribution < -0.4 is 5.32 Å². The average Bonchev–Trinajstić information content (AvgIpc) is 2.50. The third-order valence-electron chi connectivity index (χ3n) is 3.63. The van der Waals surface area contributed by atoms with Crippen LogP contribution in [0.1, 0.15) is 36.0 Å². The maximum atomic E-state index is 8.94. The molecule has 2 aromatic rings. The van der Waals surface area contributed by atoms with Gasteiger partial charge in [0.1, 0.15) is 0 Å². The van der Waals surface area contributed by atoms with Crippen molar-refractivity contribution in [2.24, 2.45) is 0 Å². The first-order chi connectivity index (χ1) is 9.70. The van der Waals surface area contributed by atoms with Crippen LogP contribution in [0.5, 0.6) is 0 Å². The van der Waals surface area contributed by atoms with Crippen molar-refractivity contribution in [2.75, 3.05) is 11.9 Å². The van der Waals surface area contributed by atoms with Gasteiger partial charge in [0, 0.05) is 12.2 Å². The van der Waals surface area contributed by atoms with Crippen molar-refractivity contribution in [3.05, 3.63) is 65.2 Å². The molecular formula is C18H20N2. The van der Waals surface area contributed by atoms with Gasteiger partial charge in [0.05, 0.1) is 11.6 Å². The first kappa shape index (κ1) is 14.1. The number of nitrogens with one attached hydrogen (secondary N) is 1. The lowest BCUT2D eigenvalue weighted by atomic mass is 9.98. The van der Waals surface area contributed by atoms with E-state index in [2.05, 4.69) is 49.5 Å². The standard InChI is InChI=1S/C18H20N2/c1-14(17-6-4-3-5-7-17)10-11-20-18-12-16(13-19)9-8-15(18)2/h3-9,12,14,20H,10-11H2,1-2H3. The number of hydrogen-bond donors (Lipinski definition) is 1. The second-order valence-corrected chi connectivity index (χ2v) is 5.17. The average molecular weight is 264 g/mol. The van der Waals surface area contributed by atoms with Crippen LogP contribution in [-0.4, -0.2) is 6.54 Å². The molecule has 1 unspecified atom stereocenters. The largest absolute Gasteiger partial charge is 0.385 e. The van der Waals surface area contributed by atoms with Gasteiger partial charge < -0.3 is 5.32 Å². The van der Waals surface area contributed by atoms with Crippen LogP contribution in [-0.2, 0) is 0 Å². The van der Waals surface area contributed by atoms with Crippen LogP contribution in [0.15, 0.2) is 48.5 Å². The van der Waals surface area contributed by atoms with Gasteiger partial charge in [-0.05, 0) is 42.5 Å². The van der Waals surface area contributed by atoms with Gasteiger partial charge in [0.15, 0.2) is 0 Å². The number of benzene rings is 2. The number of rotatable bonds is 5. The molecule has 0 aliphatic heterocycles. The predicted molar refractivity (Wildman–Crippen MR) is 83.9 cm³/mol. The summed E-state index contributed by atoms with van der Waals surface area (Å²) in [7, 11) is 0. The van der Waals surface area contributed by atoms with Gasteiger partial charge in [-0.1, -0.05) is 43.3 Å². The fourth-order valence-electron chi connectivity index (χ4n) is 2.25. The van der Waals surface area contributed by atoms with E-state index in [0.29, 0.717) is 11.5 Å². The van der Waals surface area contributed by atoms with Crippen molar-refractivity contribution >= 4 is 5.69 Å². The second kappa shape index (κ2) is 6.77. The molecule has 2 rings (SSSR count). The van der Waals surface area contributed by atoms with E-state index < -0.39 is 0 Å². The third-order valence-corrected chi connectivity index (χ3v) is 3.63. The quantitative estimate of drug-likeness (QED) is 0.864. The van der Waals surface area contributed by atoms with Crippen molar-refractivity contribution in [2.45, 2.75) is 26.2 Å². The van der Waals surface area contributed by atoms with Crippen LogP contribution in [0.4, 0.5) is 5.69 Å². The highest BCUT2D eigenvalue weighted by atomic mass is 14.9. The van der Waals surface area contributed by atoms with Crippen molar-refractivity contribution in [3.8, 4) is 6.07 Å². The highest BCUT2D eigenvalue weighted by Crippen LogP contribution is 2.20. The Kier molecular flexibility index (Phi) is 4.79. The molecule has 0 spiro atoms. The third kappa shape index (κ3) is 3.61. The summed E-state index contributed by atoms with van der Waals surface area (Å²) < 4.78 is 0. The van der Waals surface area contributed by atoms with Crippen LogP contribution in [0.3, 0.4) is 0 Å². The first-order valence-electron chi connectivity index (χ1n) is 7.00. The van der Waals surface area contributed by atoms with Gasteiger partial charge in [-0.2, -0.15) is 5.26 Å². The summed E-state index contributed by atoms with van der Waals surface area (Å²) in [5.41, 5.74) is 4.31. The molecule has 1 atom stereocenters. The van der Waals surface area contributed by atoms with Crippen molar-refractivity contribution in [3.63, 3.8) is 0 Å². The Balaban J connectivity index is 1.92. The Bertz CT molecular complexity index is 597. The Morgan fingerprint density at radius 2 is 1.90 bits per heavy atom. The van der Waals surface area contributed by atoms with E-state index in [-0.39, 0.29) is 0 Å². The van der Waals surface area contributed by atoms with E-state index in [1.165, 1.54) is 11.1 Å². The molecule has 0 amide bonds. The van der Waals surface area contributed by atoms with E-state index in [1.807, 2.05) is 24.3 Å². The zero-order valence-corrected chi connectivity index (χ0v) is 12.1. The maximum Gasteiger partial charge on any atom is 0.0992 e. The zero-order valence-electron chi connectivity index (χ0n) is 12.1. The molecule has 0 fully saturated rings. The minimum atomic E-state index is 0.531. The van der Waals surface area contributed by atoms with Gasteiger partial charge in [-0.3, -0.25) is 0 Å². The number of anilines is 1. The Hall–Kier alpha value is -2.27. The fourth-order valence-corrected chi connectivity index (χ4v) is 2.25. The van der Waals surface area contributed by atoms with Gasteiger partial charge in [0.25, 0.3) is 0 Å². The number of aryl methyl sites for hydroxylation is 1. The molecule has 0 bridgehead atoms. The molecule has 0 saturated carbocycles. The summed E-state index contributed by atoms with van der Waals surface area (Å²) in [6, 6.07) is 18.5. The van der Waals surface area contributed by atoms with Gasteiger partial charge in [-0.15, -0.1) is 0 Å². The van der Waals surface area contributed by atoms with E-state index >= 15 is 0 Å². The normalized spacial score (nSPS) is 11.7. The molecule has 0 aromatic heterocycles. The van der Waals surface area contributed by atoms with Crippen molar-refractivity contribution < 1.29 is 0 Å². The predicted octanol–water partition coefficient (Wildman–Crippen LogP) is 4.47. The van der Waals surface area contributed by atoms with Gasteiger partial charge in [0.2, 0.25) is 0 Å². The van der Waals surface area contributed by atoms with E-state index in [1.54, 1.807) is 0 Å². The summed E-state index contributed by atoms with van der Waals surface area (Å²) in [4.78, 5) is 0. The summed E-state index contributed by atoms with van der Waals surface area (Å²) in [6.07, 6.45) is 1.07. The molecule has 2 heteroatoms. The van der Waals surface area contributed by atoms with Crippen LogP contribution in [0.25, 0.3) is 0 Å². The number of nitrogens with zero attached hydrogens (tertiary/aromatic N) is 1. The molecule has 1 N–H and O–H groups in total. The highest BCUT2D eigenvalue weighted by molar-refractivity contribution is 5.55. The molecule has 0 saturated heterocycles. The fraction of sp³-hybridized carbons (Fsp3) is 0.278. The van der Waals surface area contributed by atoms with E-state index in [0.717, 1.165) is 18.7 Å². The Morgan fingerprint density at radius 3 is 2.60 bits per heavy atom. The monoisotopic (exact) mass is 264 g/mol. The molecule has 20 heavy (non-hydrogen) atoms. The Morgan fingerprint density at radius 1 is 1.15 bits per heavy atom. The molecule has 0 aliphatic rings. The van der Waals surface area contributed by atoms with E-state index in [9.17, 15) is 0 Å². The van der Waals surface area contributed by atoms with Gasteiger partial charge >= 0.3 is 0 Å². The minimum absolute atomic E-state index is 0.531. The smallest absolute Gasteiger partial charge is 0.0992 e. The summed E-state index contributed by atoms with van der Waals surface area (Å²) in [5, 5.41) is 12.4. The molecule has 102 valence electrons. The highest BCUT2D eigenvalue weighted by Gasteiger charge is 2.05. The lowest BCUT2D eigenvalue weighted by Gasteiger charge is -2.14. The lowest BCUT2D eigenvalue weighted by Crippen LogP contribution is -2.07. The topological polar surface area (TPSA) is 35.8 Å². The summed E-state index contributed by atoms with van der Waals surface area (Å²) in [5.74, 6) is 0.531. The maximum absolute atomic E-state index is 8.94. The SMILES string of the molecule is Cc1ccc(C#N)cc1NCCC(C)c1ccccc1. The molecule has 0 aliphatic carbocycles. The minimum Gasteiger partial charge on any atom is -0.385 e. The van der Waals surface area contributed by atoms with E-state index in [4.69, 9.17) is 5.26 Å². The van der Waals surface area contributed by atoms with Crippen LogP contribution in [0.2, 0.25) is 0 Å². The van der Waals surface area contributed by atoms with Gasteiger partial charge in [-0.25, -0.2) is 0 Å². The number of nitriles is 1. The molecular weight excluding hydrogens is 244 g/mol. The summed E-state index contributed by atoms with van der Waals surface area (Å²) >= 11 is 0. The molecule has 0 radical (unpaired) electrons. The summed E-state index contributed by atoms with van der Waals surface area (Å²) in [6.45, 7) is 5.21. The van der Waals surface area contributed by atoms with Crippen LogP contribution in [0, 0.1) is 18.3 Å². The lowest BCUT2D eigenvalue weighted by molar-refractivity contribution is 0.706. The Labute approximate surface area is 121 Å². The molecule has 0 heterocycles.